The van der Waals surface area contributed by atoms with Crippen LogP contribution < -0.4 is 5.73 Å². The molecule has 0 aromatic carbocycles. The molecule has 0 aromatic rings. The monoisotopic (exact) mass is 303 g/mol. The van der Waals surface area contributed by atoms with E-state index in [1.165, 1.54) is 38.5 Å². The molecule has 124 valence electrons. The average molecular weight is 303 g/mol. The SMILES string of the molecule is CC[C@@]1(C)CC=C2[C@@H](CC[C@@H]3[C@](C)(C(N)=O)CCC[C@@]23C)C1. The van der Waals surface area contributed by atoms with Gasteiger partial charge in [-0.1, -0.05) is 52.2 Å². The summed E-state index contributed by atoms with van der Waals surface area (Å²) in [4.78, 5) is 12.2. The van der Waals surface area contributed by atoms with Crippen LogP contribution in [-0.4, -0.2) is 5.91 Å². The third-order valence-electron chi connectivity index (χ3n) is 7.80. The first kappa shape index (κ1) is 16.1. The standard InChI is InChI=1S/C20H33NO/c1-5-18(2)12-9-15-14(13-18)7-8-16-19(15,3)10-6-11-20(16,4)17(21)22/h9,14,16H,5-8,10-13H2,1-4H3,(H2,21,22)/t14-,16-,18-,19-,20+/m0/s1. The van der Waals surface area contributed by atoms with Gasteiger partial charge in [0, 0.05) is 5.41 Å². The van der Waals surface area contributed by atoms with Crippen molar-refractivity contribution in [1.82, 2.24) is 0 Å². The Hall–Kier alpha value is -0.790. The summed E-state index contributed by atoms with van der Waals surface area (Å²) in [7, 11) is 0. The van der Waals surface area contributed by atoms with Gasteiger partial charge in [0.05, 0.1) is 0 Å². The molecule has 22 heavy (non-hydrogen) atoms. The van der Waals surface area contributed by atoms with Crippen molar-refractivity contribution in [2.75, 3.05) is 0 Å². The topological polar surface area (TPSA) is 43.1 Å². The maximum Gasteiger partial charge on any atom is 0.223 e. The largest absolute Gasteiger partial charge is 0.369 e. The molecule has 0 spiro atoms. The summed E-state index contributed by atoms with van der Waals surface area (Å²) in [6.07, 6.45) is 12.2. The maximum absolute atomic E-state index is 12.2. The molecule has 3 aliphatic carbocycles. The molecule has 5 atom stereocenters. The molecule has 2 nitrogen and oxygen atoms in total. The van der Waals surface area contributed by atoms with Crippen molar-refractivity contribution in [2.45, 2.75) is 79.1 Å². The van der Waals surface area contributed by atoms with Gasteiger partial charge in [-0.25, -0.2) is 0 Å². The summed E-state index contributed by atoms with van der Waals surface area (Å²) < 4.78 is 0. The zero-order chi connectivity index (χ0) is 16.2. The Morgan fingerprint density at radius 3 is 2.64 bits per heavy atom. The number of hydrogen-bond donors (Lipinski definition) is 1. The van der Waals surface area contributed by atoms with Gasteiger partial charge in [0.15, 0.2) is 0 Å². The molecule has 2 saturated carbocycles. The van der Waals surface area contributed by atoms with Crippen molar-refractivity contribution in [3.63, 3.8) is 0 Å². The maximum atomic E-state index is 12.2. The molecular formula is C20H33NO. The van der Waals surface area contributed by atoms with Crippen molar-refractivity contribution >= 4 is 5.91 Å². The van der Waals surface area contributed by atoms with Crippen molar-refractivity contribution < 1.29 is 4.79 Å². The Balaban J connectivity index is 1.98. The van der Waals surface area contributed by atoms with Gasteiger partial charge >= 0.3 is 0 Å². The molecule has 0 saturated heterocycles. The lowest BCUT2D eigenvalue weighted by Gasteiger charge is -2.58. The predicted molar refractivity (Wildman–Crippen MR) is 91.2 cm³/mol. The van der Waals surface area contributed by atoms with Crippen LogP contribution in [0.2, 0.25) is 0 Å². The van der Waals surface area contributed by atoms with Crippen molar-refractivity contribution in [3.8, 4) is 0 Å². The van der Waals surface area contributed by atoms with Crippen LogP contribution in [0.4, 0.5) is 0 Å². The van der Waals surface area contributed by atoms with E-state index in [-0.39, 0.29) is 16.7 Å². The Morgan fingerprint density at radius 2 is 2.00 bits per heavy atom. The predicted octanol–water partition coefficient (Wildman–Crippen LogP) is 4.83. The molecule has 2 heteroatoms. The Morgan fingerprint density at radius 1 is 1.27 bits per heavy atom. The van der Waals surface area contributed by atoms with Gasteiger partial charge in [0.1, 0.15) is 0 Å². The van der Waals surface area contributed by atoms with Gasteiger partial charge in [0.2, 0.25) is 5.91 Å². The number of amides is 1. The highest BCUT2D eigenvalue weighted by molar-refractivity contribution is 5.81. The molecule has 0 heterocycles. The van der Waals surface area contributed by atoms with Crippen molar-refractivity contribution in [1.29, 1.82) is 0 Å². The Labute approximate surface area is 135 Å². The Bertz CT molecular complexity index is 510. The zero-order valence-corrected chi connectivity index (χ0v) is 14.9. The van der Waals surface area contributed by atoms with E-state index < -0.39 is 0 Å². The minimum Gasteiger partial charge on any atom is -0.369 e. The lowest BCUT2D eigenvalue weighted by molar-refractivity contribution is -0.138. The van der Waals surface area contributed by atoms with Gasteiger partial charge < -0.3 is 5.73 Å². The molecule has 0 aromatic heterocycles. The van der Waals surface area contributed by atoms with Crippen LogP contribution in [0.1, 0.15) is 79.1 Å². The highest BCUT2D eigenvalue weighted by Crippen LogP contribution is 2.63. The smallest absolute Gasteiger partial charge is 0.223 e. The van der Waals surface area contributed by atoms with E-state index in [9.17, 15) is 4.79 Å². The van der Waals surface area contributed by atoms with Crippen LogP contribution in [0, 0.1) is 28.1 Å². The molecule has 2 fully saturated rings. The number of carbonyl (C=O) groups excluding carboxylic acids is 1. The molecule has 3 rings (SSSR count). The third kappa shape index (κ3) is 2.17. The number of carbonyl (C=O) groups is 1. The second kappa shape index (κ2) is 5.11. The summed E-state index contributed by atoms with van der Waals surface area (Å²) in [5, 5.41) is 0. The van der Waals surface area contributed by atoms with Crippen LogP contribution in [0.3, 0.4) is 0 Å². The van der Waals surface area contributed by atoms with Gasteiger partial charge in [-0.05, 0) is 61.2 Å². The summed E-state index contributed by atoms with van der Waals surface area (Å²) in [6.45, 7) is 9.35. The number of fused-ring (bicyclic) bond motifs is 3. The lowest BCUT2D eigenvalue weighted by atomic mass is 9.46. The molecule has 2 N–H and O–H groups in total. The molecule has 0 unspecified atom stereocenters. The van der Waals surface area contributed by atoms with E-state index in [0.29, 0.717) is 11.3 Å². The normalized spacial score (nSPS) is 48.1. The van der Waals surface area contributed by atoms with Crippen molar-refractivity contribution in [3.05, 3.63) is 11.6 Å². The van der Waals surface area contributed by atoms with E-state index in [1.54, 1.807) is 5.57 Å². The molecule has 3 aliphatic rings. The third-order valence-corrected chi connectivity index (χ3v) is 7.80. The average Bonchev–Trinajstić information content (AvgIpc) is 2.46. The lowest BCUT2D eigenvalue weighted by Crippen LogP contribution is -2.54. The van der Waals surface area contributed by atoms with E-state index in [0.717, 1.165) is 18.8 Å². The van der Waals surface area contributed by atoms with Crippen molar-refractivity contribution in [2.24, 2.45) is 33.8 Å². The van der Waals surface area contributed by atoms with Crippen LogP contribution in [0.15, 0.2) is 11.6 Å². The molecule has 0 radical (unpaired) electrons. The van der Waals surface area contributed by atoms with Crippen LogP contribution >= 0.6 is 0 Å². The number of hydrogen-bond acceptors (Lipinski definition) is 1. The zero-order valence-electron chi connectivity index (χ0n) is 14.9. The molecule has 0 aliphatic heterocycles. The highest BCUT2D eigenvalue weighted by atomic mass is 16.1. The molecule has 1 amide bonds. The second-order valence-corrected chi connectivity index (χ2v) is 9.11. The first-order chi connectivity index (χ1) is 10.3. The summed E-state index contributed by atoms with van der Waals surface area (Å²) in [6, 6.07) is 0. The first-order valence-corrected chi connectivity index (χ1v) is 9.26. The van der Waals surface area contributed by atoms with E-state index >= 15 is 0 Å². The van der Waals surface area contributed by atoms with Gasteiger partial charge in [-0.15, -0.1) is 0 Å². The number of allylic oxidation sites excluding steroid dienone is 2. The summed E-state index contributed by atoms with van der Waals surface area (Å²) in [5.74, 6) is 1.12. The number of rotatable bonds is 2. The highest BCUT2D eigenvalue weighted by Gasteiger charge is 2.56. The Kier molecular flexibility index (Phi) is 3.73. The minimum atomic E-state index is -0.301. The molecular weight excluding hydrogens is 270 g/mol. The van der Waals surface area contributed by atoms with Crippen LogP contribution in [-0.2, 0) is 4.79 Å². The van der Waals surface area contributed by atoms with Gasteiger partial charge in [0.25, 0.3) is 0 Å². The van der Waals surface area contributed by atoms with Gasteiger partial charge in [-0.3, -0.25) is 4.79 Å². The number of primary amides is 1. The quantitative estimate of drug-likeness (QED) is 0.729. The summed E-state index contributed by atoms with van der Waals surface area (Å²) >= 11 is 0. The minimum absolute atomic E-state index is 0.0725. The first-order valence-electron chi connectivity index (χ1n) is 9.26. The number of nitrogens with two attached hydrogens (primary N) is 1. The summed E-state index contributed by atoms with van der Waals surface area (Å²) in [5.41, 5.74) is 7.92. The van der Waals surface area contributed by atoms with E-state index in [1.807, 2.05) is 0 Å². The van der Waals surface area contributed by atoms with Crippen LogP contribution in [0.5, 0.6) is 0 Å². The fourth-order valence-electron chi connectivity index (χ4n) is 6.08. The van der Waals surface area contributed by atoms with E-state index in [4.69, 9.17) is 5.73 Å². The van der Waals surface area contributed by atoms with E-state index in [2.05, 4.69) is 33.8 Å². The fraction of sp³-hybridized carbons (Fsp3) is 0.850. The van der Waals surface area contributed by atoms with Gasteiger partial charge in [-0.2, -0.15) is 0 Å². The second-order valence-electron chi connectivity index (χ2n) is 9.11. The van der Waals surface area contributed by atoms with Crippen LogP contribution in [0.25, 0.3) is 0 Å². The molecule has 0 bridgehead atoms. The fourth-order valence-corrected chi connectivity index (χ4v) is 6.08.